The van der Waals surface area contributed by atoms with E-state index in [9.17, 15) is 14.0 Å². The Kier molecular flexibility index (Phi) is 5.41. The largest absolute Gasteiger partial charge is 0.481 e. The minimum absolute atomic E-state index is 0.0486. The summed E-state index contributed by atoms with van der Waals surface area (Å²) < 4.78 is 15.1. The molecule has 26 heavy (non-hydrogen) atoms. The number of benzene rings is 1. The maximum atomic E-state index is 13.6. The minimum Gasteiger partial charge on any atom is -0.481 e. The summed E-state index contributed by atoms with van der Waals surface area (Å²) in [6.45, 7) is 1.05. The summed E-state index contributed by atoms with van der Waals surface area (Å²) in [7, 11) is 0. The Labute approximate surface area is 154 Å². The van der Waals surface area contributed by atoms with Crippen LogP contribution in [-0.4, -0.2) is 44.9 Å². The van der Waals surface area contributed by atoms with Gasteiger partial charge in [0.1, 0.15) is 11.6 Å². The zero-order valence-corrected chi connectivity index (χ0v) is 14.6. The summed E-state index contributed by atoms with van der Waals surface area (Å²) in [5, 5.41) is 16.0. The predicted octanol–water partition coefficient (Wildman–Crippen LogP) is 3.05. The number of piperidine rings is 1. The number of carbonyl (C=O) groups is 2. The Morgan fingerprint density at radius 1 is 1.31 bits per heavy atom. The second kappa shape index (κ2) is 7.74. The van der Waals surface area contributed by atoms with Crippen LogP contribution in [-0.2, 0) is 11.3 Å². The number of anilines is 1. The molecule has 1 aromatic heterocycles. The molecule has 1 saturated heterocycles. The van der Waals surface area contributed by atoms with Crippen LogP contribution in [0.5, 0.6) is 0 Å². The third kappa shape index (κ3) is 4.13. The molecule has 0 unspecified atom stereocenters. The van der Waals surface area contributed by atoms with Crippen LogP contribution in [0.1, 0.15) is 18.4 Å². The third-order valence-corrected chi connectivity index (χ3v) is 4.71. The summed E-state index contributed by atoms with van der Waals surface area (Å²) in [6.07, 6.45) is 2.41. The highest BCUT2D eigenvalue weighted by Gasteiger charge is 2.27. The average molecular weight is 381 g/mol. The van der Waals surface area contributed by atoms with Crippen molar-refractivity contribution in [1.29, 1.82) is 0 Å². The lowest BCUT2D eigenvalue weighted by Gasteiger charge is -2.30. The van der Waals surface area contributed by atoms with Gasteiger partial charge in [0.05, 0.1) is 23.7 Å². The van der Waals surface area contributed by atoms with E-state index in [0.29, 0.717) is 37.3 Å². The van der Waals surface area contributed by atoms with Crippen molar-refractivity contribution >= 4 is 29.4 Å². The first-order valence-corrected chi connectivity index (χ1v) is 8.56. The van der Waals surface area contributed by atoms with Crippen molar-refractivity contribution in [2.75, 3.05) is 18.4 Å². The molecular weight excluding hydrogens is 363 g/mol. The van der Waals surface area contributed by atoms with Crippen LogP contribution in [0.15, 0.2) is 30.5 Å². The van der Waals surface area contributed by atoms with Gasteiger partial charge < -0.3 is 10.0 Å². The Hall–Kier alpha value is -2.61. The second-order valence-corrected chi connectivity index (χ2v) is 6.56. The van der Waals surface area contributed by atoms with Crippen molar-refractivity contribution in [3.63, 3.8) is 0 Å². The zero-order chi connectivity index (χ0) is 18.7. The number of aromatic nitrogens is 2. The van der Waals surface area contributed by atoms with Crippen molar-refractivity contribution < 1.29 is 19.1 Å². The number of likely N-dealkylation sites (tertiary alicyclic amines) is 1. The van der Waals surface area contributed by atoms with Crippen molar-refractivity contribution in [3.8, 4) is 0 Å². The van der Waals surface area contributed by atoms with Crippen LogP contribution in [0.25, 0.3) is 0 Å². The van der Waals surface area contributed by atoms with Crippen molar-refractivity contribution in [2.24, 2.45) is 5.92 Å². The number of carboxylic acids is 1. The molecule has 0 atom stereocenters. The second-order valence-electron chi connectivity index (χ2n) is 6.15. The molecule has 1 aromatic carbocycles. The zero-order valence-electron chi connectivity index (χ0n) is 13.9. The highest BCUT2D eigenvalue weighted by molar-refractivity contribution is 6.30. The lowest BCUT2D eigenvalue weighted by molar-refractivity contribution is -0.143. The molecule has 0 radical (unpaired) electrons. The Bertz CT molecular complexity index is 818. The van der Waals surface area contributed by atoms with E-state index in [-0.39, 0.29) is 17.6 Å². The molecule has 7 nitrogen and oxygen atoms in total. The summed E-state index contributed by atoms with van der Waals surface area (Å²) >= 11 is 5.68. The first-order chi connectivity index (χ1) is 12.4. The highest BCUT2D eigenvalue weighted by Crippen LogP contribution is 2.20. The van der Waals surface area contributed by atoms with Gasteiger partial charge in [-0.25, -0.2) is 13.9 Å². The molecule has 0 aliphatic carbocycles. The molecule has 9 heteroatoms. The number of nitrogens with one attached hydrogen (secondary N) is 1. The molecule has 2 N–H and O–H groups in total. The lowest BCUT2D eigenvalue weighted by atomic mass is 9.97. The van der Waals surface area contributed by atoms with Crippen LogP contribution in [0, 0.1) is 11.7 Å². The maximum Gasteiger partial charge on any atom is 0.322 e. The molecule has 1 aliphatic rings. The van der Waals surface area contributed by atoms with Crippen LogP contribution in [0.4, 0.5) is 15.0 Å². The number of hydrogen-bond donors (Lipinski definition) is 2. The molecule has 0 spiro atoms. The molecule has 0 bridgehead atoms. The minimum atomic E-state index is -0.821. The molecule has 3 rings (SSSR count). The molecule has 138 valence electrons. The van der Waals surface area contributed by atoms with E-state index in [1.54, 1.807) is 27.9 Å². The molecule has 1 fully saturated rings. The standard InChI is InChI=1S/C17H18ClFN4O3/c18-13-2-1-11(9-14(13)19)10-23-15(3-6-20-23)21-17(26)22-7-4-12(5-8-22)16(24)25/h1-3,6,9,12H,4-5,7-8,10H2,(H,21,26)(H,24,25). The van der Waals surface area contributed by atoms with Gasteiger partial charge in [0.15, 0.2) is 0 Å². The Morgan fingerprint density at radius 2 is 2.04 bits per heavy atom. The van der Waals surface area contributed by atoms with Crippen LogP contribution < -0.4 is 5.32 Å². The first-order valence-electron chi connectivity index (χ1n) is 8.18. The molecule has 2 amide bonds. The molecular formula is C17H18ClFN4O3. The number of nitrogens with zero attached hydrogens (tertiary/aromatic N) is 3. The van der Waals surface area contributed by atoms with Crippen molar-refractivity contribution in [2.45, 2.75) is 19.4 Å². The van der Waals surface area contributed by atoms with Crippen molar-refractivity contribution in [3.05, 3.63) is 46.9 Å². The number of aliphatic carboxylic acids is 1. The quantitative estimate of drug-likeness (QED) is 0.853. The van der Waals surface area contributed by atoms with Gasteiger partial charge in [-0.15, -0.1) is 0 Å². The number of halogens is 2. The summed E-state index contributed by atoms with van der Waals surface area (Å²) in [5.41, 5.74) is 0.661. The monoisotopic (exact) mass is 380 g/mol. The van der Waals surface area contributed by atoms with Gasteiger partial charge >= 0.3 is 12.0 Å². The van der Waals surface area contributed by atoms with E-state index in [1.807, 2.05) is 0 Å². The van der Waals surface area contributed by atoms with E-state index < -0.39 is 17.7 Å². The summed E-state index contributed by atoms with van der Waals surface area (Å²) in [6, 6.07) is 5.83. The Balaban J connectivity index is 1.62. The maximum absolute atomic E-state index is 13.6. The van der Waals surface area contributed by atoms with E-state index in [1.165, 1.54) is 12.1 Å². The molecule has 2 aromatic rings. The van der Waals surface area contributed by atoms with Gasteiger partial charge in [-0.05, 0) is 30.5 Å². The first kappa shape index (κ1) is 18.2. The average Bonchev–Trinajstić information content (AvgIpc) is 3.05. The van der Waals surface area contributed by atoms with Gasteiger partial charge in [-0.2, -0.15) is 5.10 Å². The fraction of sp³-hybridized carbons (Fsp3) is 0.353. The van der Waals surface area contributed by atoms with E-state index in [2.05, 4.69) is 10.4 Å². The number of hydrogen-bond acceptors (Lipinski definition) is 3. The molecule has 1 aliphatic heterocycles. The number of urea groups is 1. The fourth-order valence-corrected chi connectivity index (χ4v) is 3.01. The van der Waals surface area contributed by atoms with Gasteiger partial charge in [-0.1, -0.05) is 17.7 Å². The van der Waals surface area contributed by atoms with Gasteiger partial charge in [0.2, 0.25) is 0 Å². The van der Waals surface area contributed by atoms with E-state index >= 15 is 0 Å². The summed E-state index contributed by atoms with van der Waals surface area (Å²) in [4.78, 5) is 25.0. The highest BCUT2D eigenvalue weighted by atomic mass is 35.5. The van der Waals surface area contributed by atoms with Crippen LogP contribution in [0.2, 0.25) is 5.02 Å². The van der Waals surface area contributed by atoms with Gasteiger partial charge in [0, 0.05) is 19.2 Å². The van der Waals surface area contributed by atoms with Crippen LogP contribution >= 0.6 is 11.6 Å². The SMILES string of the molecule is O=C(O)C1CCN(C(=O)Nc2ccnn2Cc2ccc(Cl)c(F)c2)CC1. The van der Waals surface area contributed by atoms with E-state index in [4.69, 9.17) is 16.7 Å². The Morgan fingerprint density at radius 3 is 2.69 bits per heavy atom. The topological polar surface area (TPSA) is 87.5 Å². The number of carboxylic acid groups (broad SMARTS) is 1. The van der Waals surface area contributed by atoms with Gasteiger partial charge in [0.25, 0.3) is 0 Å². The fourth-order valence-electron chi connectivity index (χ4n) is 2.89. The van der Waals surface area contributed by atoms with Crippen LogP contribution in [0.3, 0.4) is 0 Å². The normalized spacial score (nSPS) is 15.1. The number of carbonyl (C=O) groups excluding carboxylic acids is 1. The third-order valence-electron chi connectivity index (χ3n) is 4.40. The van der Waals surface area contributed by atoms with E-state index in [0.717, 1.165) is 0 Å². The molecule has 0 saturated carbocycles. The number of rotatable bonds is 4. The van der Waals surface area contributed by atoms with Gasteiger partial charge in [-0.3, -0.25) is 10.1 Å². The lowest BCUT2D eigenvalue weighted by Crippen LogP contribution is -2.42. The number of amides is 2. The predicted molar refractivity (Wildman–Crippen MR) is 93.7 cm³/mol. The molecule has 2 heterocycles. The van der Waals surface area contributed by atoms with Crippen molar-refractivity contribution in [1.82, 2.24) is 14.7 Å². The smallest absolute Gasteiger partial charge is 0.322 e. The summed E-state index contributed by atoms with van der Waals surface area (Å²) in [5.74, 6) is -1.25.